The molecule has 0 saturated carbocycles. The highest BCUT2D eigenvalue weighted by Gasteiger charge is 2.22. The lowest BCUT2D eigenvalue weighted by Gasteiger charge is -2.18. The number of ether oxygens (including phenoxy) is 1. The Morgan fingerprint density at radius 1 is 1.45 bits per heavy atom. The van der Waals surface area contributed by atoms with Gasteiger partial charge in [-0.05, 0) is 5.56 Å². The van der Waals surface area contributed by atoms with Crippen molar-refractivity contribution in [3.63, 3.8) is 0 Å². The predicted octanol–water partition coefficient (Wildman–Crippen LogP) is -0.455. The van der Waals surface area contributed by atoms with Crippen molar-refractivity contribution < 1.29 is 18.4 Å². The van der Waals surface area contributed by atoms with Gasteiger partial charge in [0.2, 0.25) is 0 Å². The standard InChI is InChI=1S/C11H18N4O4S/c1-19-8-7-13-20(17,18)15-10(11(12)14-16)9-5-3-2-4-6-9/h2-6,10,13,15-16H,7-8H2,1H3,(H2,12,14). The third-order valence-corrected chi connectivity index (χ3v) is 3.55. The topological polar surface area (TPSA) is 126 Å². The first-order valence-electron chi connectivity index (χ1n) is 5.78. The second-order valence-corrected chi connectivity index (χ2v) is 5.41. The number of nitrogens with one attached hydrogen (secondary N) is 2. The number of oxime groups is 1. The van der Waals surface area contributed by atoms with E-state index >= 15 is 0 Å². The fourth-order valence-corrected chi connectivity index (χ4v) is 2.48. The van der Waals surface area contributed by atoms with Crippen molar-refractivity contribution in [3.05, 3.63) is 35.9 Å². The van der Waals surface area contributed by atoms with Crippen LogP contribution in [0.1, 0.15) is 11.6 Å². The van der Waals surface area contributed by atoms with Crippen molar-refractivity contribution in [3.8, 4) is 0 Å². The Morgan fingerprint density at radius 2 is 2.10 bits per heavy atom. The summed E-state index contributed by atoms with van der Waals surface area (Å²) < 4.78 is 33.0. The van der Waals surface area contributed by atoms with Crippen LogP contribution in [0.4, 0.5) is 0 Å². The van der Waals surface area contributed by atoms with Crippen LogP contribution in [0.5, 0.6) is 0 Å². The van der Waals surface area contributed by atoms with E-state index in [1.807, 2.05) is 0 Å². The molecule has 0 amide bonds. The van der Waals surface area contributed by atoms with Crippen LogP contribution in [0.25, 0.3) is 0 Å². The molecule has 1 atom stereocenters. The Morgan fingerprint density at radius 3 is 2.65 bits per heavy atom. The summed E-state index contributed by atoms with van der Waals surface area (Å²) in [6.07, 6.45) is 0. The summed E-state index contributed by atoms with van der Waals surface area (Å²) in [5, 5.41) is 11.6. The monoisotopic (exact) mass is 302 g/mol. The first-order chi connectivity index (χ1) is 9.50. The molecule has 8 nitrogen and oxygen atoms in total. The van der Waals surface area contributed by atoms with Crippen LogP contribution in [0.15, 0.2) is 35.5 Å². The van der Waals surface area contributed by atoms with Crippen LogP contribution in [-0.4, -0.2) is 39.7 Å². The lowest BCUT2D eigenvalue weighted by Crippen LogP contribution is -2.44. The van der Waals surface area contributed by atoms with Gasteiger partial charge in [-0.1, -0.05) is 35.5 Å². The van der Waals surface area contributed by atoms with Gasteiger partial charge in [0.1, 0.15) is 6.04 Å². The van der Waals surface area contributed by atoms with E-state index in [0.29, 0.717) is 5.56 Å². The van der Waals surface area contributed by atoms with Crippen molar-refractivity contribution >= 4 is 16.0 Å². The molecule has 1 aromatic rings. The highest BCUT2D eigenvalue weighted by molar-refractivity contribution is 7.87. The molecule has 0 radical (unpaired) electrons. The quantitative estimate of drug-likeness (QED) is 0.170. The third kappa shape index (κ3) is 5.13. The molecule has 9 heteroatoms. The molecule has 0 spiro atoms. The van der Waals surface area contributed by atoms with Gasteiger partial charge in [-0.25, -0.2) is 0 Å². The number of amidine groups is 1. The van der Waals surface area contributed by atoms with E-state index in [0.717, 1.165) is 0 Å². The second kappa shape index (κ2) is 7.80. The summed E-state index contributed by atoms with van der Waals surface area (Å²) in [4.78, 5) is 0. The zero-order valence-electron chi connectivity index (χ0n) is 11.0. The van der Waals surface area contributed by atoms with Crippen LogP contribution < -0.4 is 15.2 Å². The minimum absolute atomic E-state index is 0.115. The first-order valence-corrected chi connectivity index (χ1v) is 7.26. The Hall–Kier alpha value is -1.68. The summed E-state index contributed by atoms with van der Waals surface area (Å²) >= 11 is 0. The molecule has 0 saturated heterocycles. The molecule has 1 unspecified atom stereocenters. The van der Waals surface area contributed by atoms with Crippen LogP contribution in [0, 0.1) is 0 Å². The van der Waals surface area contributed by atoms with E-state index in [1.165, 1.54) is 7.11 Å². The molecule has 0 aliphatic carbocycles. The largest absolute Gasteiger partial charge is 0.409 e. The highest BCUT2D eigenvalue weighted by atomic mass is 32.2. The SMILES string of the molecule is COCCNS(=O)(=O)NC(/C(N)=N/O)c1ccccc1. The number of rotatable bonds is 8. The molecule has 1 aromatic carbocycles. The molecule has 0 aliphatic heterocycles. The van der Waals surface area contributed by atoms with Gasteiger partial charge in [0.05, 0.1) is 6.61 Å². The Labute approximate surface area is 117 Å². The summed E-state index contributed by atoms with van der Waals surface area (Å²) in [5.41, 5.74) is 6.09. The highest BCUT2D eigenvalue weighted by Crippen LogP contribution is 2.13. The second-order valence-electron chi connectivity index (χ2n) is 3.88. The molecule has 0 bridgehead atoms. The van der Waals surface area contributed by atoms with Crippen LogP contribution >= 0.6 is 0 Å². The minimum atomic E-state index is -3.81. The van der Waals surface area contributed by atoms with Crippen molar-refractivity contribution in [2.75, 3.05) is 20.3 Å². The molecular weight excluding hydrogens is 284 g/mol. The smallest absolute Gasteiger partial charge is 0.277 e. The van der Waals surface area contributed by atoms with Crippen LogP contribution in [0.2, 0.25) is 0 Å². The van der Waals surface area contributed by atoms with Crippen molar-refractivity contribution in [2.45, 2.75) is 6.04 Å². The number of benzene rings is 1. The van der Waals surface area contributed by atoms with Gasteiger partial charge in [-0.2, -0.15) is 17.9 Å². The van der Waals surface area contributed by atoms with Gasteiger partial charge >= 0.3 is 0 Å². The van der Waals surface area contributed by atoms with Crippen molar-refractivity contribution in [2.24, 2.45) is 10.9 Å². The Balaban J connectivity index is 2.86. The van der Waals surface area contributed by atoms with Gasteiger partial charge in [-0.3, -0.25) is 0 Å². The number of nitrogens with two attached hydrogens (primary N) is 1. The predicted molar refractivity (Wildman–Crippen MR) is 74.5 cm³/mol. The fourth-order valence-electron chi connectivity index (χ4n) is 1.48. The Kier molecular flexibility index (Phi) is 6.39. The first kappa shape index (κ1) is 16.4. The zero-order chi connectivity index (χ0) is 15.0. The summed E-state index contributed by atoms with van der Waals surface area (Å²) in [6, 6.07) is 7.60. The zero-order valence-corrected chi connectivity index (χ0v) is 11.8. The molecule has 0 aromatic heterocycles. The lowest BCUT2D eigenvalue weighted by atomic mass is 10.1. The molecule has 20 heavy (non-hydrogen) atoms. The van der Waals surface area contributed by atoms with Gasteiger partial charge < -0.3 is 15.7 Å². The molecular formula is C11H18N4O4S. The normalized spacial score (nSPS) is 14.2. The lowest BCUT2D eigenvalue weighted by molar-refractivity contribution is 0.204. The summed E-state index contributed by atoms with van der Waals surface area (Å²) in [7, 11) is -2.35. The van der Waals surface area contributed by atoms with Gasteiger partial charge in [0.15, 0.2) is 5.84 Å². The Bertz CT molecular complexity index is 533. The number of methoxy groups -OCH3 is 1. The van der Waals surface area contributed by atoms with Gasteiger partial charge in [0.25, 0.3) is 10.2 Å². The third-order valence-electron chi connectivity index (χ3n) is 2.42. The molecule has 1 rings (SSSR count). The van der Waals surface area contributed by atoms with Crippen LogP contribution in [-0.2, 0) is 14.9 Å². The number of nitrogens with zero attached hydrogens (tertiary/aromatic N) is 1. The average Bonchev–Trinajstić information content (AvgIpc) is 2.45. The molecule has 0 fully saturated rings. The number of hydrogen-bond acceptors (Lipinski definition) is 5. The van der Waals surface area contributed by atoms with E-state index in [2.05, 4.69) is 14.6 Å². The maximum absolute atomic E-state index is 11.8. The van der Waals surface area contributed by atoms with Gasteiger partial charge in [0, 0.05) is 13.7 Å². The fraction of sp³-hybridized carbons (Fsp3) is 0.364. The van der Waals surface area contributed by atoms with E-state index in [9.17, 15) is 8.42 Å². The number of hydrogen-bond donors (Lipinski definition) is 4. The van der Waals surface area contributed by atoms with E-state index in [-0.39, 0.29) is 19.0 Å². The van der Waals surface area contributed by atoms with E-state index < -0.39 is 16.3 Å². The summed E-state index contributed by atoms with van der Waals surface area (Å²) in [5.74, 6) is -0.256. The molecule has 0 heterocycles. The van der Waals surface area contributed by atoms with Gasteiger partial charge in [-0.15, -0.1) is 0 Å². The average molecular weight is 302 g/mol. The van der Waals surface area contributed by atoms with Crippen molar-refractivity contribution in [1.29, 1.82) is 0 Å². The molecule has 0 aliphatic rings. The maximum Gasteiger partial charge on any atom is 0.277 e. The van der Waals surface area contributed by atoms with Crippen molar-refractivity contribution in [1.82, 2.24) is 9.44 Å². The molecule has 112 valence electrons. The molecule has 5 N–H and O–H groups in total. The van der Waals surface area contributed by atoms with E-state index in [4.69, 9.17) is 15.7 Å². The van der Waals surface area contributed by atoms with Crippen LogP contribution in [0.3, 0.4) is 0 Å². The maximum atomic E-state index is 11.8. The minimum Gasteiger partial charge on any atom is -0.409 e. The summed E-state index contributed by atoms with van der Waals surface area (Å²) in [6.45, 7) is 0.351. The van der Waals surface area contributed by atoms with E-state index in [1.54, 1.807) is 30.3 Å².